The Morgan fingerprint density at radius 1 is 1.71 bits per heavy atom. The molecule has 0 radical (unpaired) electrons. The number of nitrogens with two attached hydrogens (primary N) is 2. The van der Waals surface area contributed by atoms with Gasteiger partial charge in [0.1, 0.15) is 6.54 Å². The zero-order valence-electron chi connectivity index (χ0n) is 4.09. The summed E-state index contributed by atoms with van der Waals surface area (Å²) in [5.74, 6) is 0.877. The number of allylic oxidation sites excluding steroid dienone is 2. The summed E-state index contributed by atoms with van der Waals surface area (Å²) in [5, 5.41) is 1.99. The molecule has 1 aliphatic rings. The first kappa shape index (κ1) is 4.40. The van der Waals surface area contributed by atoms with E-state index in [4.69, 9.17) is 5.73 Å². The van der Waals surface area contributed by atoms with Crippen LogP contribution in [0.5, 0.6) is 0 Å². The van der Waals surface area contributed by atoms with Crippen LogP contribution in [0.15, 0.2) is 24.0 Å². The quantitative estimate of drug-likeness (QED) is 0.396. The molecule has 0 unspecified atom stereocenters. The van der Waals surface area contributed by atoms with Gasteiger partial charge in [-0.3, -0.25) is 5.32 Å². The summed E-state index contributed by atoms with van der Waals surface area (Å²) in [4.78, 5) is 0. The first-order valence-corrected chi connectivity index (χ1v) is 2.35. The molecule has 0 spiro atoms. The third kappa shape index (κ3) is 1.05. The van der Waals surface area contributed by atoms with Gasteiger partial charge in [0, 0.05) is 6.08 Å². The van der Waals surface area contributed by atoms with Crippen LogP contribution in [0.25, 0.3) is 0 Å². The highest BCUT2D eigenvalue weighted by Gasteiger charge is 1.92. The fourth-order valence-electron chi connectivity index (χ4n) is 0.530. The smallest absolute Gasteiger partial charge is 0.195 e. The van der Waals surface area contributed by atoms with Crippen molar-refractivity contribution in [3.05, 3.63) is 24.0 Å². The van der Waals surface area contributed by atoms with Crippen LogP contribution in [-0.4, -0.2) is 6.54 Å². The van der Waals surface area contributed by atoms with E-state index in [0.29, 0.717) is 0 Å². The lowest BCUT2D eigenvalue weighted by molar-refractivity contribution is -0.599. The topological polar surface area (TPSA) is 42.6 Å². The van der Waals surface area contributed by atoms with E-state index in [-0.39, 0.29) is 0 Å². The lowest BCUT2D eigenvalue weighted by Gasteiger charge is -1.97. The van der Waals surface area contributed by atoms with E-state index < -0.39 is 0 Å². The second-order valence-corrected chi connectivity index (χ2v) is 1.53. The molecule has 0 aromatic heterocycles. The number of rotatable bonds is 0. The molecule has 0 saturated carbocycles. The van der Waals surface area contributed by atoms with Crippen molar-refractivity contribution in [1.29, 1.82) is 0 Å². The molecule has 4 N–H and O–H groups in total. The van der Waals surface area contributed by atoms with E-state index in [1.165, 1.54) is 0 Å². The Hall–Kier alpha value is -0.760. The summed E-state index contributed by atoms with van der Waals surface area (Å²) < 4.78 is 0. The average Bonchev–Trinajstić information content (AvgIpc) is 1.69. The number of quaternary nitrogens is 1. The van der Waals surface area contributed by atoms with Crippen LogP contribution in [0.1, 0.15) is 0 Å². The van der Waals surface area contributed by atoms with Crippen LogP contribution in [-0.2, 0) is 0 Å². The van der Waals surface area contributed by atoms with Gasteiger partial charge in [-0.1, -0.05) is 6.08 Å². The molecule has 0 bridgehead atoms. The number of hydrogen-bond acceptors (Lipinski definition) is 1. The van der Waals surface area contributed by atoms with Crippen LogP contribution in [0, 0.1) is 0 Å². The van der Waals surface area contributed by atoms with Crippen molar-refractivity contribution >= 4 is 0 Å². The molecule has 1 aliphatic heterocycles. The molecular formula is C5H9N2+. The molecule has 1 rings (SSSR count). The maximum Gasteiger partial charge on any atom is 0.195 e. The van der Waals surface area contributed by atoms with E-state index in [1.54, 1.807) is 0 Å². The predicted molar refractivity (Wildman–Crippen MR) is 28.2 cm³/mol. The van der Waals surface area contributed by atoms with Crippen LogP contribution in [0.3, 0.4) is 0 Å². The molecular weight excluding hydrogens is 88.1 g/mol. The van der Waals surface area contributed by atoms with Crippen molar-refractivity contribution < 1.29 is 5.32 Å². The third-order valence-corrected chi connectivity index (χ3v) is 0.914. The highest BCUT2D eigenvalue weighted by atomic mass is 15.0. The van der Waals surface area contributed by atoms with Crippen LogP contribution in [0.2, 0.25) is 0 Å². The fraction of sp³-hybridized carbons (Fsp3) is 0.200. The molecule has 1 heterocycles. The average molecular weight is 97.1 g/mol. The summed E-state index contributed by atoms with van der Waals surface area (Å²) in [6.07, 6.45) is 5.93. The van der Waals surface area contributed by atoms with Crippen molar-refractivity contribution in [2.24, 2.45) is 5.73 Å². The van der Waals surface area contributed by atoms with Crippen molar-refractivity contribution in [2.75, 3.05) is 6.54 Å². The third-order valence-electron chi connectivity index (χ3n) is 0.914. The van der Waals surface area contributed by atoms with Crippen LogP contribution >= 0.6 is 0 Å². The highest BCUT2D eigenvalue weighted by molar-refractivity contribution is 5.06. The van der Waals surface area contributed by atoms with Gasteiger partial charge in [-0.25, -0.2) is 0 Å². The van der Waals surface area contributed by atoms with Gasteiger partial charge in [-0.2, -0.15) is 0 Å². The molecule has 0 fully saturated rings. The normalized spacial score (nSPS) is 19.1. The van der Waals surface area contributed by atoms with Gasteiger partial charge in [-0.05, 0) is 6.08 Å². The minimum atomic E-state index is 0.877. The maximum absolute atomic E-state index is 5.39. The largest absolute Gasteiger partial charge is 0.355 e. The molecule has 0 aromatic carbocycles. The Kier molecular flexibility index (Phi) is 1.13. The van der Waals surface area contributed by atoms with Crippen molar-refractivity contribution in [1.82, 2.24) is 0 Å². The first-order valence-electron chi connectivity index (χ1n) is 2.35. The monoisotopic (exact) mass is 97.1 g/mol. The Labute approximate surface area is 42.7 Å². The maximum atomic E-state index is 5.39. The fourth-order valence-corrected chi connectivity index (χ4v) is 0.530. The predicted octanol–water partition coefficient (Wildman–Crippen LogP) is -1.08. The van der Waals surface area contributed by atoms with Gasteiger partial charge >= 0.3 is 0 Å². The van der Waals surface area contributed by atoms with Gasteiger partial charge in [0.25, 0.3) is 0 Å². The summed E-state index contributed by atoms with van der Waals surface area (Å²) in [5.41, 5.74) is 5.39. The van der Waals surface area contributed by atoms with Gasteiger partial charge in [0.2, 0.25) is 0 Å². The molecule has 2 heteroatoms. The molecule has 7 heavy (non-hydrogen) atoms. The van der Waals surface area contributed by atoms with Gasteiger partial charge < -0.3 is 5.73 Å². The van der Waals surface area contributed by atoms with Crippen molar-refractivity contribution in [3.8, 4) is 0 Å². The minimum Gasteiger partial charge on any atom is -0.355 e. The summed E-state index contributed by atoms with van der Waals surface area (Å²) in [6, 6.07) is 0. The van der Waals surface area contributed by atoms with Gasteiger partial charge in [-0.15, -0.1) is 0 Å². The van der Waals surface area contributed by atoms with Crippen molar-refractivity contribution in [3.63, 3.8) is 0 Å². The Morgan fingerprint density at radius 3 is 2.86 bits per heavy atom. The van der Waals surface area contributed by atoms with E-state index >= 15 is 0 Å². The highest BCUT2D eigenvalue weighted by Crippen LogP contribution is 1.77. The summed E-state index contributed by atoms with van der Waals surface area (Å²) in [7, 11) is 0. The van der Waals surface area contributed by atoms with E-state index in [0.717, 1.165) is 12.4 Å². The molecule has 0 amide bonds. The van der Waals surface area contributed by atoms with E-state index in [1.807, 2.05) is 17.5 Å². The molecule has 0 atom stereocenters. The van der Waals surface area contributed by atoms with Crippen LogP contribution < -0.4 is 11.1 Å². The molecule has 0 aliphatic carbocycles. The standard InChI is InChI=1S/C5H8N2/c6-5-3-1-2-4-7-5/h1-3,7H,4,6H2/p+1. The van der Waals surface area contributed by atoms with E-state index in [9.17, 15) is 0 Å². The molecule has 38 valence electrons. The first-order chi connectivity index (χ1) is 3.39. The van der Waals surface area contributed by atoms with Gasteiger partial charge in [0.15, 0.2) is 5.82 Å². The summed E-state index contributed by atoms with van der Waals surface area (Å²) >= 11 is 0. The lowest BCUT2D eigenvalue weighted by atomic mass is 10.4. The zero-order chi connectivity index (χ0) is 5.11. The summed E-state index contributed by atoms with van der Waals surface area (Å²) in [6.45, 7) is 0.988. The van der Waals surface area contributed by atoms with Crippen LogP contribution in [0.4, 0.5) is 0 Å². The lowest BCUT2D eigenvalue weighted by Crippen LogP contribution is -2.84. The molecule has 0 aromatic rings. The Morgan fingerprint density at radius 2 is 2.57 bits per heavy atom. The second kappa shape index (κ2) is 1.80. The Balaban J connectivity index is 2.57. The van der Waals surface area contributed by atoms with Gasteiger partial charge in [0.05, 0.1) is 0 Å². The minimum absolute atomic E-state index is 0.877. The van der Waals surface area contributed by atoms with Crippen molar-refractivity contribution in [2.45, 2.75) is 0 Å². The molecule has 2 nitrogen and oxygen atoms in total. The van der Waals surface area contributed by atoms with E-state index in [2.05, 4.69) is 6.08 Å². The zero-order valence-corrected chi connectivity index (χ0v) is 4.09. The second-order valence-electron chi connectivity index (χ2n) is 1.53. The number of hydrogen-bond donors (Lipinski definition) is 2. The Bertz CT molecular complexity index is 113. The SMILES string of the molecule is NC1=CC=CC[NH2+]1. The molecule has 0 saturated heterocycles.